The number of ether oxygens (including phenoxy) is 1. The highest BCUT2D eigenvalue weighted by molar-refractivity contribution is 7.23. The molecule has 0 unspecified atom stereocenters. The van der Waals surface area contributed by atoms with Crippen LogP contribution in [0.3, 0.4) is 0 Å². The van der Waals surface area contributed by atoms with E-state index in [0.29, 0.717) is 33.5 Å². The smallest absolute Gasteiger partial charge is 0.260 e. The van der Waals surface area contributed by atoms with Gasteiger partial charge in [-0.25, -0.2) is 4.98 Å². The fourth-order valence-corrected chi connectivity index (χ4v) is 4.07. The summed E-state index contributed by atoms with van der Waals surface area (Å²) in [6, 6.07) is 12.9. The lowest BCUT2D eigenvalue weighted by Crippen LogP contribution is -2.33. The first-order valence-electron chi connectivity index (χ1n) is 8.66. The number of rotatable bonds is 7. The first-order chi connectivity index (χ1) is 13.0. The van der Waals surface area contributed by atoms with Crippen molar-refractivity contribution in [3.05, 3.63) is 53.1 Å². The molecule has 0 aliphatic rings. The third-order valence-electron chi connectivity index (χ3n) is 4.15. The van der Waals surface area contributed by atoms with E-state index in [1.807, 2.05) is 44.4 Å². The van der Waals surface area contributed by atoms with Gasteiger partial charge in [0.25, 0.3) is 5.91 Å². The lowest BCUT2D eigenvalue weighted by molar-refractivity contribution is 0.0986. The van der Waals surface area contributed by atoms with Gasteiger partial charge in [-0.15, -0.1) is 0 Å². The van der Waals surface area contributed by atoms with Crippen LogP contribution in [0.5, 0.6) is 5.75 Å². The molecule has 0 bridgehead atoms. The zero-order chi connectivity index (χ0) is 19.4. The van der Waals surface area contributed by atoms with Gasteiger partial charge in [-0.3, -0.25) is 9.69 Å². The predicted octanol–water partition coefficient (Wildman–Crippen LogP) is 4.56. The number of fused-ring (bicyclic) bond motifs is 1. The minimum atomic E-state index is -0.0662. The zero-order valence-electron chi connectivity index (χ0n) is 15.6. The van der Waals surface area contributed by atoms with Crippen LogP contribution in [0.4, 0.5) is 5.13 Å². The van der Waals surface area contributed by atoms with Crippen LogP contribution in [-0.4, -0.2) is 50.1 Å². The van der Waals surface area contributed by atoms with Crippen LogP contribution in [0.1, 0.15) is 16.8 Å². The second-order valence-electron chi connectivity index (χ2n) is 6.40. The van der Waals surface area contributed by atoms with E-state index in [2.05, 4.69) is 9.88 Å². The predicted molar refractivity (Wildman–Crippen MR) is 112 cm³/mol. The number of halogens is 1. The molecule has 0 spiro atoms. The topological polar surface area (TPSA) is 45.7 Å². The van der Waals surface area contributed by atoms with Crippen LogP contribution >= 0.6 is 22.9 Å². The van der Waals surface area contributed by atoms with Gasteiger partial charge in [-0.1, -0.05) is 41.1 Å². The van der Waals surface area contributed by atoms with Crippen LogP contribution in [0, 0.1) is 0 Å². The lowest BCUT2D eigenvalue weighted by atomic mass is 10.2. The number of amides is 1. The van der Waals surface area contributed by atoms with Crippen molar-refractivity contribution in [3.8, 4) is 5.75 Å². The molecule has 0 fully saturated rings. The van der Waals surface area contributed by atoms with Crippen molar-refractivity contribution < 1.29 is 9.53 Å². The Morgan fingerprint density at radius 3 is 2.56 bits per heavy atom. The summed E-state index contributed by atoms with van der Waals surface area (Å²) in [6.07, 6.45) is 0.840. The molecule has 0 aliphatic heterocycles. The highest BCUT2D eigenvalue weighted by atomic mass is 35.5. The van der Waals surface area contributed by atoms with E-state index in [9.17, 15) is 4.79 Å². The molecule has 0 radical (unpaired) electrons. The van der Waals surface area contributed by atoms with Gasteiger partial charge in [-0.2, -0.15) is 0 Å². The average molecular weight is 404 g/mol. The number of nitrogens with zero attached hydrogens (tertiary/aromatic N) is 3. The summed E-state index contributed by atoms with van der Waals surface area (Å²) in [5, 5.41) is 1.24. The van der Waals surface area contributed by atoms with Crippen LogP contribution in [0.25, 0.3) is 10.2 Å². The van der Waals surface area contributed by atoms with Crippen molar-refractivity contribution in [1.82, 2.24) is 9.88 Å². The van der Waals surface area contributed by atoms with Crippen molar-refractivity contribution in [2.24, 2.45) is 0 Å². The van der Waals surface area contributed by atoms with Crippen LogP contribution in [-0.2, 0) is 0 Å². The van der Waals surface area contributed by atoms with Crippen LogP contribution in [0.2, 0.25) is 5.02 Å². The number of aromatic nitrogens is 1. The number of carbonyl (C=O) groups is 1. The Hall–Kier alpha value is -2.15. The Bertz CT molecular complexity index is 928. The van der Waals surface area contributed by atoms with Crippen LogP contribution in [0.15, 0.2) is 42.5 Å². The first kappa shape index (κ1) is 19.6. The standard InChI is InChI=1S/C20H22ClN3O2S/c1-23(2)12-7-13-24(19(25)14-8-5-4-6-9-14)20-22-17-16(26-3)11-10-15(21)18(17)27-20/h4-6,8-11H,7,12-13H2,1-3H3. The summed E-state index contributed by atoms with van der Waals surface area (Å²) >= 11 is 7.76. The molecular formula is C20H22ClN3O2S. The van der Waals surface area contributed by atoms with Crippen molar-refractivity contribution in [2.75, 3.05) is 39.2 Å². The van der Waals surface area contributed by atoms with Gasteiger partial charge in [0.2, 0.25) is 0 Å². The monoisotopic (exact) mass is 403 g/mol. The summed E-state index contributed by atoms with van der Waals surface area (Å²) in [5.41, 5.74) is 1.32. The summed E-state index contributed by atoms with van der Waals surface area (Å²) in [4.78, 5) is 21.7. The van der Waals surface area contributed by atoms with E-state index >= 15 is 0 Å². The maximum atomic E-state index is 13.2. The molecule has 3 aromatic rings. The number of carbonyl (C=O) groups excluding carboxylic acids is 1. The van der Waals surface area contributed by atoms with Crippen molar-refractivity contribution in [2.45, 2.75) is 6.42 Å². The van der Waals surface area contributed by atoms with E-state index in [1.54, 1.807) is 24.1 Å². The number of thiazole rings is 1. The van der Waals surface area contributed by atoms with Crippen molar-refractivity contribution >= 4 is 44.2 Å². The lowest BCUT2D eigenvalue weighted by Gasteiger charge is -2.21. The number of anilines is 1. The molecule has 0 atom stereocenters. The fraction of sp³-hybridized carbons (Fsp3) is 0.300. The Morgan fingerprint density at radius 2 is 1.89 bits per heavy atom. The molecule has 0 saturated heterocycles. The van der Waals surface area contributed by atoms with Gasteiger partial charge in [-0.05, 0) is 51.3 Å². The number of benzene rings is 2. The quantitative estimate of drug-likeness (QED) is 0.580. The van der Waals surface area contributed by atoms with E-state index in [1.165, 1.54) is 11.3 Å². The second kappa shape index (κ2) is 8.69. The molecular weight excluding hydrogens is 382 g/mol. The van der Waals surface area contributed by atoms with Crippen LogP contribution < -0.4 is 9.64 Å². The van der Waals surface area contributed by atoms with E-state index in [-0.39, 0.29) is 5.91 Å². The number of hydrogen-bond acceptors (Lipinski definition) is 5. The van der Waals surface area contributed by atoms with Crippen molar-refractivity contribution in [1.29, 1.82) is 0 Å². The molecule has 0 saturated carbocycles. The number of methoxy groups -OCH3 is 1. The van der Waals surface area contributed by atoms with Crippen molar-refractivity contribution in [3.63, 3.8) is 0 Å². The molecule has 2 aromatic carbocycles. The zero-order valence-corrected chi connectivity index (χ0v) is 17.2. The molecule has 5 nitrogen and oxygen atoms in total. The summed E-state index contributed by atoms with van der Waals surface area (Å²) in [6.45, 7) is 1.46. The second-order valence-corrected chi connectivity index (χ2v) is 7.79. The van der Waals surface area contributed by atoms with Gasteiger partial charge in [0.1, 0.15) is 11.3 Å². The third kappa shape index (κ3) is 4.40. The Balaban J connectivity index is 2.00. The molecule has 142 valence electrons. The van der Waals surface area contributed by atoms with E-state index in [0.717, 1.165) is 17.7 Å². The normalized spacial score (nSPS) is 11.1. The maximum Gasteiger partial charge on any atom is 0.260 e. The number of hydrogen-bond donors (Lipinski definition) is 0. The van der Waals surface area contributed by atoms with Gasteiger partial charge < -0.3 is 9.64 Å². The van der Waals surface area contributed by atoms with E-state index < -0.39 is 0 Å². The summed E-state index contributed by atoms with van der Waals surface area (Å²) in [5.74, 6) is 0.584. The Morgan fingerprint density at radius 1 is 1.15 bits per heavy atom. The Kier molecular flexibility index (Phi) is 6.31. The molecule has 27 heavy (non-hydrogen) atoms. The van der Waals surface area contributed by atoms with E-state index in [4.69, 9.17) is 16.3 Å². The third-order valence-corrected chi connectivity index (χ3v) is 5.69. The van der Waals surface area contributed by atoms with Gasteiger partial charge in [0.15, 0.2) is 5.13 Å². The highest BCUT2D eigenvalue weighted by Gasteiger charge is 2.22. The van der Waals surface area contributed by atoms with Gasteiger partial charge in [0, 0.05) is 12.1 Å². The van der Waals surface area contributed by atoms with Gasteiger partial charge in [0.05, 0.1) is 16.8 Å². The summed E-state index contributed by atoms with van der Waals surface area (Å²) in [7, 11) is 5.64. The molecule has 1 aromatic heterocycles. The average Bonchev–Trinajstić information content (AvgIpc) is 3.11. The highest BCUT2D eigenvalue weighted by Crippen LogP contribution is 2.39. The Labute approximate surface area is 168 Å². The molecule has 0 N–H and O–H groups in total. The molecule has 1 amide bonds. The molecule has 1 heterocycles. The summed E-state index contributed by atoms with van der Waals surface area (Å²) < 4.78 is 6.23. The minimum Gasteiger partial charge on any atom is -0.494 e. The van der Waals surface area contributed by atoms with Gasteiger partial charge >= 0.3 is 0 Å². The molecule has 7 heteroatoms. The largest absolute Gasteiger partial charge is 0.494 e. The SMILES string of the molecule is COc1ccc(Cl)c2sc(N(CCCN(C)C)C(=O)c3ccccc3)nc12. The molecule has 0 aliphatic carbocycles. The molecule has 3 rings (SSSR count). The minimum absolute atomic E-state index is 0.0662. The maximum absolute atomic E-state index is 13.2. The first-order valence-corrected chi connectivity index (χ1v) is 9.85. The fourth-order valence-electron chi connectivity index (χ4n) is 2.79.